The van der Waals surface area contributed by atoms with Crippen molar-refractivity contribution in [2.45, 2.75) is 26.2 Å². The Morgan fingerprint density at radius 3 is 2.89 bits per heavy atom. The second-order valence-corrected chi connectivity index (χ2v) is 4.66. The first kappa shape index (κ1) is 12.6. The summed E-state index contributed by atoms with van der Waals surface area (Å²) in [6.45, 7) is 2.07. The lowest BCUT2D eigenvalue weighted by molar-refractivity contribution is -0.118. The Balaban J connectivity index is 1.87. The van der Waals surface area contributed by atoms with Crippen molar-refractivity contribution < 1.29 is 4.79 Å². The smallest absolute Gasteiger partial charge is 0.140 e. The molecule has 2 rings (SSSR count). The molecule has 0 aliphatic rings. The molecule has 2 aromatic rings. The van der Waals surface area contributed by atoms with E-state index >= 15 is 0 Å². The van der Waals surface area contributed by atoms with Gasteiger partial charge in [-0.3, -0.25) is 4.79 Å². The van der Waals surface area contributed by atoms with Gasteiger partial charge in [0.1, 0.15) is 11.6 Å². The molecule has 0 aliphatic carbocycles. The minimum absolute atomic E-state index is 0.241. The molecule has 0 amide bonds. The van der Waals surface area contributed by atoms with Gasteiger partial charge in [-0.15, -0.1) is 0 Å². The van der Waals surface area contributed by atoms with Gasteiger partial charge in [0.15, 0.2) is 0 Å². The van der Waals surface area contributed by atoms with E-state index in [1.165, 1.54) is 11.1 Å². The third-order valence-corrected chi connectivity index (χ3v) is 3.05. The fourth-order valence-electron chi connectivity index (χ4n) is 1.98. The number of benzene rings is 1. The Kier molecular flexibility index (Phi) is 3.92. The molecular formula is C15H18N2O. The normalized spacial score (nSPS) is 10.6. The van der Waals surface area contributed by atoms with Crippen molar-refractivity contribution in [3.8, 4) is 0 Å². The lowest BCUT2D eigenvalue weighted by Gasteiger charge is -2.03. The molecule has 0 N–H and O–H groups in total. The summed E-state index contributed by atoms with van der Waals surface area (Å²) in [5.41, 5.74) is 2.47. The van der Waals surface area contributed by atoms with E-state index in [1.807, 2.05) is 23.9 Å². The molecular weight excluding hydrogens is 224 g/mol. The van der Waals surface area contributed by atoms with Gasteiger partial charge in [-0.05, 0) is 18.9 Å². The molecule has 0 aliphatic heterocycles. The second kappa shape index (κ2) is 5.63. The van der Waals surface area contributed by atoms with Gasteiger partial charge in [0, 0.05) is 25.9 Å². The third kappa shape index (κ3) is 3.29. The first-order chi connectivity index (χ1) is 8.65. The van der Waals surface area contributed by atoms with Crippen LogP contribution >= 0.6 is 0 Å². The predicted octanol–water partition coefficient (Wildman–Crippen LogP) is 2.47. The summed E-state index contributed by atoms with van der Waals surface area (Å²) in [6, 6.07) is 8.31. The van der Waals surface area contributed by atoms with E-state index in [1.54, 1.807) is 6.20 Å². The molecule has 1 aromatic heterocycles. The Morgan fingerprint density at radius 2 is 2.22 bits per heavy atom. The topological polar surface area (TPSA) is 34.9 Å². The van der Waals surface area contributed by atoms with Crippen LogP contribution in [0.5, 0.6) is 0 Å². The largest absolute Gasteiger partial charge is 0.338 e. The Hall–Kier alpha value is -1.90. The maximum absolute atomic E-state index is 11.9. The first-order valence-electron chi connectivity index (χ1n) is 6.18. The summed E-state index contributed by atoms with van der Waals surface area (Å²) in [7, 11) is 1.91. The highest BCUT2D eigenvalue weighted by atomic mass is 16.1. The number of hydrogen-bond acceptors (Lipinski definition) is 2. The highest BCUT2D eigenvalue weighted by Crippen LogP contribution is 2.08. The lowest BCUT2D eigenvalue weighted by Crippen LogP contribution is -2.08. The van der Waals surface area contributed by atoms with Crippen LogP contribution in [0.1, 0.15) is 23.4 Å². The van der Waals surface area contributed by atoms with E-state index in [-0.39, 0.29) is 5.78 Å². The molecule has 3 heteroatoms. The van der Waals surface area contributed by atoms with Gasteiger partial charge in [0.25, 0.3) is 0 Å². The van der Waals surface area contributed by atoms with Crippen molar-refractivity contribution in [3.05, 3.63) is 53.6 Å². The summed E-state index contributed by atoms with van der Waals surface area (Å²) in [6.07, 6.45) is 5.41. The molecule has 0 fully saturated rings. The van der Waals surface area contributed by atoms with Crippen LogP contribution in [-0.4, -0.2) is 15.3 Å². The van der Waals surface area contributed by atoms with Gasteiger partial charge in [0.2, 0.25) is 0 Å². The molecule has 0 bridgehead atoms. The van der Waals surface area contributed by atoms with E-state index in [2.05, 4.69) is 30.1 Å². The molecule has 1 aromatic carbocycles. The predicted molar refractivity (Wildman–Crippen MR) is 71.4 cm³/mol. The minimum Gasteiger partial charge on any atom is -0.338 e. The lowest BCUT2D eigenvalue weighted by atomic mass is 10.0. The van der Waals surface area contributed by atoms with Crippen LogP contribution in [0, 0.1) is 6.92 Å². The Labute approximate surface area is 107 Å². The van der Waals surface area contributed by atoms with Crippen molar-refractivity contribution in [2.75, 3.05) is 0 Å². The molecule has 1 heterocycles. The molecule has 0 atom stereocenters. The van der Waals surface area contributed by atoms with E-state index in [0.29, 0.717) is 12.8 Å². The number of imidazole rings is 1. The molecule has 0 saturated heterocycles. The second-order valence-electron chi connectivity index (χ2n) is 4.66. The summed E-state index contributed by atoms with van der Waals surface area (Å²) in [5, 5.41) is 0. The van der Waals surface area contributed by atoms with E-state index in [0.717, 1.165) is 12.2 Å². The zero-order valence-corrected chi connectivity index (χ0v) is 10.9. The maximum atomic E-state index is 11.9. The Morgan fingerprint density at radius 1 is 1.39 bits per heavy atom. The van der Waals surface area contributed by atoms with Crippen molar-refractivity contribution in [2.24, 2.45) is 7.05 Å². The van der Waals surface area contributed by atoms with Crippen molar-refractivity contribution in [1.29, 1.82) is 0 Å². The fraction of sp³-hybridized carbons (Fsp3) is 0.333. The number of aryl methyl sites for hydroxylation is 3. The van der Waals surface area contributed by atoms with Gasteiger partial charge >= 0.3 is 0 Å². The molecule has 0 spiro atoms. The number of hydrogen-bond donors (Lipinski definition) is 0. The maximum Gasteiger partial charge on any atom is 0.140 e. The molecule has 0 unspecified atom stereocenters. The number of ketones is 1. The quantitative estimate of drug-likeness (QED) is 0.807. The fourth-order valence-corrected chi connectivity index (χ4v) is 1.98. The van der Waals surface area contributed by atoms with Gasteiger partial charge in [-0.1, -0.05) is 29.8 Å². The Bertz CT molecular complexity index is 543. The molecule has 18 heavy (non-hydrogen) atoms. The molecule has 0 radical (unpaired) electrons. The van der Waals surface area contributed by atoms with Crippen LogP contribution in [0.3, 0.4) is 0 Å². The number of rotatable bonds is 5. The number of Topliss-reactive ketones (excluding diaryl/α,β-unsaturated/α-hetero) is 1. The van der Waals surface area contributed by atoms with E-state index in [9.17, 15) is 4.79 Å². The van der Waals surface area contributed by atoms with Crippen molar-refractivity contribution in [3.63, 3.8) is 0 Å². The van der Waals surface area contributed by atoms with Crippen LogP contribution < -0.4 is 0 Å². The summed E-state index contributed by atoms with van der Waals surface area (Å²) >= 11 is 0. The number of carbonyl (C=O) groups is 1. The monoisotopic (exact) mass is 242 g/mol. The highest BCUT2D eigenvalue weighted by Gasteiger charge is 2.07. The summed E-state index contributed by atoms with van der Waals surface area (Å²) in [4.78, 5) is 16.0. The average molecular weight is 242 g/mol. The minimum atomic E-state index is 0.241. The standard InChI is InChI=1S/C15H18N2O/c1-12-4-3-5-13(10-12)6-7-14(18)11-15-16-8-9-17(15)2/h3-5,8-10H,6-7,11H2,1-2H3. The van der Waals surface area contributed by atoms with E-state index in [4.69, 9.17) is 0 Å². The molecule has 0 saturated carbocycles. The summed E-state index contributed by atoms with van der Waals surface area (Å²) in [5.74, 6) is 1.08. The van der Waals surface area contributed by atoms with Gasteiger partial charge in [0.05, 0.1) is 6.42 Å². The van der Waals surface area contributed by atoms with Crippen LogP contribution in [0.25, 0.3) is 0 Å². The van der Waals surface area contributed by atoms with Gasteiger partial charge < -0.3 is 4.57 Å². The number of carbonyl (C=O) groups excluding carboxylic acids is 1. The molecule has 3 nitrogen and oxygen atoms in total. The SMILES string of the molecule is Cc1cccc(CCC(=O)Cc2nccn2C)c1. The zero-order valence-electron chi connectivity index (χ0n) is 10.9. The van der Waals surface area contributed by atoms with Crippen LogP contribution in [0.15, 0.2) is 36.7 Å². The molecule has 94 valence electrons. The van der Waals surface area contributed by atoms with Crippen LogP contribution in [0.2, 0.25) is 0 Å². The van der Waals surface area contributed by atoms with Gasteiger partial charge in [-0.25, -0.2) is 4.98 Å². The average Bonchev–Trinajstić information content (AvgIpc) is 2.73. The van der Waals surface area contributed by atoms with Crippen LogP contribution in [-0.2, 0) is 24.7 Å². The highest BCUT2D eigenvalue weighted by molar-refractivity contribution is 5.80. The van der Waals surface area contributed by atoms with Crippen molar-refractivity contribution in [1.82, 2.24) is 9.55 Å². The van der Waals surface area contributed by atoms with Crippen LogP contribution in [0.4, 0.5) is 0 Å². The van der Waals surface area contributed by atoms with Crippen molar-refractivity contribution >= 4 is 5.78 Å². The third-order valence-electron chi connectivity index (χ3n) is 3.05. The van der Waals surface area contributed by atoms with Gasteiger partial charge in [-0.2, -0.15) is 0 Å². The first-order valence-corrected chi connectivity index (χ1v) is 6.18. The zero-order chi connectivity index (χ0) is 13.0. The summed E-state index contributed by atoms with van der Waals surface area (Å²) < 4.78 is 1.89. The number of aromatic nitrogens is 2. The number of nitrogens with zero attached hydrogens (tertiary/aromatic N) is 2. The van der Waals surface area contributed by atoms with E-state index < -0.39 is 0 Å².